The highest BCUT2D eigenvalue weighted by atomic mass is 15.2. The predicted octanol–water partition coefficient (Wildman–Crippen LogP) is 4.04. The number of benzene rings is 1. The number of hydrogen-bond acceptors (Lipinski definition) is 2. The molecule has 0 amide bonds. The van der Waals surface area contributed by atoms with Gasteiger partial charge in [-0.2, -0.15) is 0 Å². The number of imidazole rings is 1. The van der Waals surface area contributed by atoms with E-state index in [9.17, 15) is 0 Å². The van der Waals surface area contributed by atoms with E-state index < -0.39 is 0 Å². The van der Waals surface area contributed by atoms with Gasteiger partial charge in [0.2, 0.25) is 5.95 Å². The Morgan fingerprint density at radius 1 is 1.25 bits per heavy atom. The van der Waals surface area contributed by atoms with Gasteiger partial charge in [0.15, 0.2) is 0 Å². The second kappa shape index (κ2) is 6.12. The molecule has 20 heavy (non-hydrogen) atoms. The third kappa shape index (κ3) is 3.03. The molecule has 3 rings (SSSR count). The number of rotatable bonds is 5. The molecular formula is C17H23N3. The lowest BCUT2D eigenvalue weighted by Crippen LogP contribution is -2.20. The summed E-state index contributed by atoms with van der Waals surface area (Å²) >= 11 is 0. The third-order valence-electron chi connectivity index (χ3n) is 4.21. The van der Waals surface area contributed by atoms with Crippen LogP contribution < -0.4 is 5.32 Å². The van der Waals surface area contributed by atoms with Gasteiger partial charge in [-0.1, -0.05) is 43.2 Å². The van der Waals surface area contributed by atoms with Gasteiger partial charge in [-0.3, -0.25) is 0 Å². The van der Waals surface area contributed by atoms with Crippen molar-refractivity contribution in [2.45, 2.75) is 51.1 Å². The van der Waals surface area contributed by atoms with Crippen molar-refractivity contribution in [2.24, 2.45) is 0 Å². The van der Waals surface area contributed by atoms with Crippen molar-refractivity contribution in [2.75, 3.05) is 5.32 Å². The molecule has 2 aromatic rings. The summed E-state index contributed by atoms with van der Waals surface area (Å²) in [6.07, 6.45) is 10.3. The van der Waals surface area contributed by atoms with Crippen molar-refractivity contribution in [1.29, 1.82) is 0 Å². The third-order valence-corrected chi connectivity index (χ3v) is 4.21. The van der Waals surface area contributed by atoms with Crippen LogP contribution in [0.5, 0.6) is 0 Å². The molecule has 1 aliphatic rings. The van der Waals surface area contributed by atoms with Crippen LogP contribution in [0.25, 0.3) is 0 Å². The molecule has 0 radical (unpaired) electrons. The molecule has 1 aromatic heterocycles. The number of anilines is 1. The van der Waals surface area contributed by atoms with Crippen LogP contribution in [-0.4, -0.2) is 15.6 Å². The van der Waals surface area contributed by atoms with Crippen molar-refractivity contribution in [3.05, 3.63) is 48.3 Å². The Morgan fingerprint density at radius 3 is 2.75 bits per heavy atom. The minimum Gasteiger partial charge on any atom is -0.353 e. The van der Waals surface area contributed by atoms with Crippen LogP contribution in [0.3, 0.4) is 0 Å². The highest BCUT2D eigenvalue weighted by Crippen LogP contribution is 2.24. The molecule has 1 atom stereocenters. The summed E-state index contributed by atoms with van der Waals surface area (Å²) in [5.41, 5.74) is 1.38. The largest absolute Gasteiger partial charge is 0.353 e. The lowest BCUT2D eigenvalue weighted by molar-refractivity contribution is 0.544. The fraction of sp³-hybridized carbons (Fsp3) is 0.471. The van der Waals surface area contributed by atoms with Crippen molar-refractivity contribution in [3.63, 3.8) is 0 Å². The highest BCUT2D eigenvalue weighted by Gasteiger charge is 2.18. The molecule has 1 heterocycles. The van der Waals surface area contributed by atoms with Crippen LogP contribution >= 0.6 is 0 Å². The van der Waals surface area contributed by atoms with Crippen LogP contribution in [0.15, 0.2) is 42.7 Å². The average Bonchev–Trinajstić information content (AvgIpc) is 3.12. The smallest absolute Gasteiger partial charge is 0.203 e. The van der Waals surface area contributed by atoms with Crippen LogP contribution in [0.4, 0.5) is 5.95 Å². The summed E-state index contributed by atoms with van der Waals surface area (Å²) in [6, 6.07) is 11.7. The van der Waals surface area contributed by atoms with Crippen molar-refractivity contribution in [1.82, 2.24) is 9.55 Å². The Kier molecular flexibility index (Phi) is 4.05. The Bertz CT molecular complexity index is 526. The van der Waals surface area contributed by atoms with E-state index in [0.717, 1.165) is 12.4 Å². The molecule has 0 saturated heterocycles. The van der Waals surface area contributed by atoms with Gasteiger partial charge in [-0.15, -0.1) is 0 Å². The molecule has 3 nitrogen and oxygen atoms in total. The molecular weight excluding hydrogens is 246 g/mol. The van der Waals surface area contributed by atoms with E-state index in [2.05, 4.69) is 58.3 Å². The summed E-state index contributed by atoms with van der Waals surface area (Å²) in [5, 5.41) is 3.61. The summed E-state index contributed by atoms with van der Waals surface area (Å²) in [7, 11) is 0. The summed E-state index contributed by atoms with van der Waals surface area (Å²) < 4.78 is 2.27. The molecule has 1 aromatic carbocycles. The van der Waals surface area contributed by atoms with Gasteiger partial charge in [-0.05, 0) is 31.7 Å². The van der Waals surface area contributed by atoms with Gasteiger partial charge in [0.25, 0.3) is 0 Å². The van der Waals surface area contributed by atoms with Gasteiger partial charge >= 0.3 is 0 Å². The van der Waals surface area contributed by atoms with Crippen LogP contribution in [0, 0.1) is 0 Å². The fourth-order valence-corrected chi connectivity index (χ4v) is 3.09. The zero-order chi connectivity index (χ0) is 13.8. The van der Waals surface area contributed by atoms with Crippen LogP contribution in [0.1, 0.15) is 44.2 Å². The number of hydrogen-bond donors (Lipinski definition) is 1. The minimum atomic E-state index is 0.420. The molecule has 1 saturated carbocycles. The van der Waals surface area contributed by atoms with E-state index in [-0.39, 0.29) is 0 Å². The molecule has 1 fully saturated rings. The van der Waals surface area contributed by atoms with E-state index in [1.54, 1.807) is 0 Å². The van der Waals surface area contributed by atoms with Crippen LogP contribution in [0.2, 0.25) is 0 Å². The van der Waals surface area contributed by atoms with Crippen LogP contribution in [-0.2, 0) is 6.42 Å². The summed E-state index contributed by atoms with van der Waals surface area (Å²) in [6.45, 7) is 2.26. The predicted molar refractivity (Wildman–Crippen MR) is 83.0 cm³/mol. The first-order valence-corrected chi connectivity index (χ1v) is 7.66. The summed E-state index contributed by atoms with van der Waals surface area (Å²) in [5.74, 6) is 1.03. The molecule has 1 unspecified atom stereocenters. The maximum atomic E-state index is 4.49. The molecule has 0 spiro atoms. The fourth-order valence-electron chi connectivity index (χ4n) is 3.09. The Balaban J connectivity index is 1.68. The van der Waals surface area contributed by atoms with Gasteiger partial charge < -0.3 is 9.88 Å². The van der Waals surface area contributed by atoms with E-state index in [4.69, 9.17) is 0 Å². The van der Waals surface area contributed by atoms with E-state index in [1.807, 2.05) is 6.20 Å². The monoisotopic (exact) mass is 269 g/mol. The zero-order valence-corrected chi connectivity index (χ0v) is 12.1. The molecule has 1 aliphatic carbocycles. The topological polar surface area (TPSA) is 29.9 Å². The van der Waals surface area contributed by atoms with Gasteiger partial charge in [-0.25, -0.2) is 4.98 Å². The number of nitrogens with one attached hydrogen (secondary N) is 1. The van der Waals surface area contributed by atoms with E-state index in [0.29, 0.717) is 12.1 Å². The molecule has 3 heteroatoms. The van der Waals surface area contributed by atoms with Crippen molar-refractivity contribution >= 4 is 5.95 Å². The first-order chi connectivity index (χ1) is 9.83. The van der Waals surface area contributed by atoms with Gasteiger partial charge in [0, 0.05) is 24.5 Å². The van der Waals surface area contributed by atoms with Crippen molar-refractivity contribution < 1.29 is 0 Å². The van der Waals surface area contributed by atoms with Crippen molar-refractivity contribution in [3.8, 4) is 0 Å². The quantitative estimate of drug-likeness (QED) is 0.887. The number of nitrogens with zero attached hydrogens (tertiary/aromatic N) is 2. The standard InChI is InChI=1S/C17H23N3/c1-14(13-15-7-3-2-4-8-15)20-12-11-18-17(20)19-16-9-5-6-10-16/h2-4,7-8,11-12,14,16H,5-6,9-10,13H2,1H3,(H,18,19). The maximum Gasteiger partial charge on any atom is 0.203 e. The second-order valence-electron chi connectivity index (χ2n) is 5.82. The lowest BCUT2D eigenvalue weighted by Gasteiger charge is -2.19. The zero-order valence-electron chi connectivity index (χ0n) is 12.1. The summed E-state index contributed by atoms with van der Waals surface area (Å²) in [4.78, 5) is 4.49. The SMILES string of the molecule is CC(Cc1ccccc1)n1ccnc1NC1CCCC1. The lowest BCUT2D eigenvalue weighted by atomic mass is 10.1. The first-order valence-electron chi connectivity index (χ1n) is 7.66. The average molecular weight is 269 g/mol. The normalized spacial score (nSPS) is 17.2. The van der Waals surface area contributed by atoms with E-state index >= 15 is 0 Å². The number of aromatic nitrogens is 2. The minimum absolute atomic E-state index is 0.420. The van der Waals surface area contributed by atoms with Gasteiger partial charge in [0.05, 0.1) is 0 Å². The Hall–Kier alpha value is -1.77. The Labute approximate surface area is 121 Å². The maximum absolute atomic E-state index is 4.49. The highest BCUT2D eigenvalue weighted by molar-refractivity contribution is 5.29. The first kappa shape index (κ1) is 13.2. The second-order valence-corrected chi connectivity index (χ2v) is 5.82. The molecule has 0 aliphatic heterocycles. The van der Waals surface area contributed by atoms with Gasteiger partial charge in [0.1, 0.15) is 0 Å². The molecule has 1 N–H and O–H groups in total. The molecule has 106 valence electrons. The molecule has 0 bridgehead atoms. The Morgan fingerprint density at radius 2 is 2.00 bits per heavy atom. The van der Waals surface area contributed by atoms with E-state index in [1.165, 1.54) is 31.2 Å².